The van der Waals surface area contributed by atoms with E-state index in [9.17, 15) is 4.79 Å². The first-order valence-corrected chi connectivity index (χ1v) is 5.99. The Hall–Kier alpha value is -0.570. The standard InChI is InChI=1S/C12H24O3/c1-4-6-8-9-12(15-11(3)13)14-10-7-5-2/h12H,4-10H2,1-3H3. The van der Waals surface area contributed by atoms with Crippen LogP contribution in [0.5, 0.6) is 0 Å². The topological polar surface area (TPSA) is 35.5 Å². The van der Waals surface area contributed by atoms with Gasteiger partial charge in [0.1, 0.15) is 0 Å². The lowest BCUT2D eigenvalue weighted by Gasteiger charge is -2.17. The molecule has 3 nitrogen and oxygen atoms in total. The molecule has 0 spiro atoms. The summed E-state index contributed by atoms with van der Waals surface area (Å²) in [6.45, 7) is 6.37. The maximum Gasteiger partial charge on any atom is 0.304 e. The second-order valence-electron chi connectivity index (χ2n) is 3.76. The predicted octanol–water partition coefficient (Wildman–Crippen LogP) is 3.27. The van der Waals surface area contributed by atoms with Gasteiger partial charge in [0.2, 0.25) is 6.29 Å². The number of rotatable bonds is 9. The van der Waals surface area contributed by atoms with E-state index in [0.29, 0.717) is 6.61 Å². The molecule has 0 aliphatic rings. The molecule has 0 aliphatic heterocycles. The summed E-state index contributed by atoms with van der Waals surface area (Å²) >= 11 is 0. The molecule has 0 aromatic rings. The van der Waals surface area contributed by atoms with Gasteiger partial charge in [0, 0.05) is 13.3 Å². The third-order valence-electron chi connectivity index (χ3n) is 2.14. The maximum absolute atomic E-state index is 10.8. The predicted molar refractivity (Wildman–Crippen MR) is 60.6 cm³/mol. The number of esters is 1. The van der Waals surface area contributed by atoms with Crippen molar-refractivity contribution in [3.63, 3.8) is 0 Å². The first-order chi connectivity index (χ1) is 7.20. The van der Waals surface area contributed by atoms with E-state index in [4.69, 9.17) is 9.47 Å². The van der Waals surface area contributed by atoms with Crippen molar-refractivity contribution in [3.8, 4) is 0 Å². The Kier molecular flexibility index (Phi) is 9.59. The highest BCUT2D eigenvalue weighted by Crippen LogP contribution is 2.09. The van der Waals surface area contributed by atoms with Crippen molar-refractivity contribution < 1.29 is 14.3 Å². The Morgan fingerprint density at radius 2 is 1.80 bits per heavy atom. The van der Waals surface area contributed by atoms with Crippen LogP contribution in [0.4, 0.5) is 0 Å². The molecule has 0 aromatic carbocycles. The van der Waals surface area contributed by atoms with Crippen molar-refractivity contribution in [3.05, 3.63) is 0 Å². The zero-order valence-corrected chi connectivity index (χ0v) is 10.3. The Balaban J connectivity index is 3.68. The number of hydrogen-bond donors (Lipinski definition) is 0. The summed E-state index contributed by atoms with van der Waals surface area (Å²) in [5, 5.41) is 0. The normalized spacial score (nSPS) is 12.5. The molecule has 0 bridgehead atoms. The fourth-order valence-corrected chi connectivity index (χ4v) is 1.28. The fraction of sp³-hybridized carbons (Fsp3) is 0.917. The number of carbonyl (C=O) groups is 1. The van der Waals surface area contributed by atoms with Gasteiger partial charge >= 0.3 is 5.97 Å². The van der Waals surface area contributed by atoms with E-state index in [-0.39, 0.29) is 12.3 Å². The molecule has 0 N–H and O–H groups in total. The summed E-state index contributed by atoms with van der Waals surface area (Å²) in [6.07, 6.45) is 5.99. The molecule has 0 rings (SSSR count). The molecule has 0 heterocycles. The SMILES string of the molecule is CCCCCC(OCCCC)OC(C)=O. The van der Waals surface area contributed by atoms with Crippen LogP contribution in [-0.2, 0) is 14.3 Å². The van der Waals surface area contributed by atoms with Gasteiger partial charge in [0.15, 0.2) is 0 Å². The van der Waals surface area contributed by atoms with Gasteiger partial charge in [-0.15, -0.1) is 0 Å². The van der Waals surface area contributed by atoms with Crippen molar-refractivity contribution in [2.45, 2.75) is 65.6 Å². The zero-order chi connectivity index (χ0) is 11.5. The van der Waals surface area contributed by atoms with E-state index >= 15 is 0 Å². The van der Waals surface area contributed by atoms with Gasteiger partial charge in [-0.1, -0.05) is 33.1 Å². The molecule has 1 atom stereocenters. The monoisotopic (exact) mass is 216 g/mol. The van der Waals surface area contributed by atoms with E-state index < -0.39 is 0 Å². The number of unbranched alkanes of at least 4 members (excludes halogenated alkanes) is 3. The Morgan fingerprint density at radius 3 is 2.33 bits per heavy atom. The lowest BCUT2D eigenvalue weighted by molar-refractivity contribution is -0.178. The fourth-order valence-electron chi connectivity index (χ4n) is 1.28. The highest BCUT2D eigenvalue weighted by molar-refractivity contribution is 5.66. The molecule has 0 radical (unpaired) electrons. The summed E-state index contributed by atoms with van der Waals surface area (Å²) in [5.41, 5.74) is 0. The molecule has 3 heteroatoms. The zero-order valence-electron chi connectivity index (χ0n) is 10.3. The minimum absolute atomic E-state index is 0.256. The van der Waals surface area contributed by atoms with Crippen LogP contribution in [0, 0.1) is 0 Å². The van der Waals surface area contributed by atoms with E-state index in [1.165, 1.54) is 13.3 Å². The van der Waals surface area contributed by atoms with E-state index in [1.54, 1.807) is 0 Å². The molecule has 0 saturated carbocycles. The number of ether oxygens (including phenoxy) is 2. The van der Waals surface area contributed by atoms with E-state index in [2.05, 4.69) is 13.8 Å². The van der Waals surface area contributed by atoms with Crippen LogP contribution in [0.3, 0.4) is 0 Å². The molecule has 15 heavy (non-hydrogen) atoms. The van der Waals surface area contributed by atoms with Crippen LogP contribution in [0.2, 0.25) is 0 Å². The Morgan fingerprint density at radius 1 is 1.13 bits per heavy atom. The molecule has 0 saturated heterocycles. The first kappa shape index (κ1) is 14.4. The lowest BCUT2D eigenvalue weighted by Crippen LogP contribution is -2.20. The molecule has 90 valence electrons. The van der Waals surface area contributed by atoms with E-state index in [1.807, 2.05) is 0 Å². The quantitative estimate of drug-likeness (QED) is 0.337. The molecule has 1 unspecified atom stereocenters. The summed E-state index contributed by atoms with van der Waals surface area (Å²) in [6, 6.07) is 0. The highest BCUT2D eigenvalue weighted by atomic mass is 16.7. The summed E-state index contributed by atoms with van der Waals surface area (Å²) in [5.74, 6) is -0.256. The average Bonchev–Trinajstić information content (AvgIpc) is 2.17. The molecule has 0 aromatic heterocycles. The van der Waals surface area contributed by atoms with Gasteiger partial charge in [0.25, 0.3) is 0 Å². The second-order valence-corrected chi connectivity index (χ2v) is 3.76. The molecule has 0 fully saturated rings. The van der Waals surface area contributed by atoms with Crippen LogP contribution in [0.15, 0.2) is 0 Å². The molecule has 0 aliphatic carbocycles. The van der Waals surface area contributed by atoms with Crippen molar-refractivity contribution in [1.29, 1.82) is 0 Å². The van der Waals surface area contributed by atoms with Crippen molar-refractivity contribution in [2.24, 2.45) is 0 Å². The van der Waals surface area contributed by atoms with E-state index in [0.717, 1.165) is 32.1 Å². The van der Waals surface area contributed by atoms with Gasteiger partial charge in [-0.3, -0.25) is 4.79 Å². The number of hydrogen-bond acceptors (Lipinski definition) is 3. The second kappa shape index (κ2) is 9.97. The van der Waals surface area contributed by atoms with Crippen LogP contribution in [0.1, 0.15) is 59.3 Å². The van der Waals surface area contributed by atoms with Crippen LogP contribution < -0.4 is 0 Å². The summed E-state index contributed by atoms with van der Waals surface area (Å²) in [4.78, 5) is 10.8. The molecular formula is C12H24O3. The van der Waals surface area contributed by atoms with Crippen LogP contribution in [-0.4, -0.2) is 18.9 Å². The first-order valence-electron chi connectivity index (χ1n) is 5.99. The average molecular weight is 216 g/mol. The third kappa shape index (κ3) is 9.73. The molecule has 0 amide bonds. The van der Waals surface area contributed by atoms with Crippen molar-refractivity contribution >= 4 is 5.97 Å². The lowest BCUT2D eigenvalue weighted by atomic mass is 10.2. The van der Waals surface area contributed by atoms with Crippen molar-refractivity contribution in [1.82, 2.24) is 0 Å². The minimum atomic E-state index is -0.333. The van der Waals surface area contributed by atoms with Gasteiger partial charge in [-0.2, -0.15) is 0 Å². The van der Waals surface area contributed by atoms with Gasteiger partial charge in [-0.05, 0) is 12.8 Å². The maximum atomic E-state index is 10.8. The highest BCUT2D eigenvalue weighted by Gasteiger charge is 2.11. The van der Waals surface area contributed by atoms with Crippen LogP contribution >= 0.6 is 0 Å². The van der Waals surface area contributed by atoms with Gasteiger partial charge in [0.05, 0.1) is 6.61 Å². The largest absolute Gasteiger partial charge is 0.436 e. The minimum Gasteiger partial charge on any atom is -0.436 e. The number of carbonyl (C=O) groups excluding carboxylic acids is 1. The van der Waals surface area contributed by atoms with Crippen molar-refractivity contribution in [2.75, 3.05) is 6.61 Å². The smallest absolute Gasteiger partial charge is 0.304 e. The third-order valence-corrected chi connectivity index (χ3v) is 2.14. The van der Waals surface area contributed by atoms with Crippen LogP contribution in [0.25, 0.3) is 0 Å². The Bertz CT molecular complexity index is 147. The van der Waals surface area contributed by atoms with Gasteiger partial charge in [-0.25, -0.2) is 0 Å². The molecular weight excluding hydrogens is 192 g/mol. The summed E-state index contributed by atoms with van der Waals surface area (Å²) < 4.78 is 10.6. The summed E-state index contributed by atoms with van der Waals surface area (Å²) in [7, 11) is 0. The van der Waals surface area contributed by atoms with Gasteiger partial charge < -0.3 is 9.47 Å². The Labute approximate surface area is 93.1 Å².